The van der Waals surface area contributed by atoms with Crippen molar-refractivity contribution < 1.29 is 23.1 Å². The molecule has 0 bridgehead atoms. The van der Waals surface area contributed by atoms with E-state index >= 15 is 0 Å². The van der Waals surface area contributed by atoms with Crippen molar-refractivity contribution in [2.75, 3.05) is 6.54 Å². The number of alkyl halides is 3. The first kappa shape index (κ1) is 12.3. The smallest absolute Gasteiger partial charge is 0.401 e. The molecule has 1 rings (SSSR count). The monoisotopic (exact) mass is 225 g/mol. The lowest BCUT2D eigenvalue weighted by Crippen LogP contribution is -2.52. The molecule has 0 saturated heterocycles. The molecule has 0 aliphatic heterocycles. The van der Waals surface area contributed by atoms with Gasteiger partial charge >= 0.3 is 12.1 Å². The second-order valence-corrected chi connectivity index (χ2v) is 4.25. The van der Waals surface area contributed by atoms with Crippen LogP contribution >= 0.6 is 0 Å². The summed E-state index contributed by atoms with van der Waals surface area (Å²) in [4.78, 5) is 10.9. The normalized spacial score (nSPS) is 21.1. The molecular weight excluding hydrogens is 211 g/mol. The van der Waals surface area contributed by atoms with Crippen LogP contribution in [0.2, 0.25) is 0 Å². The van der Waals surface area contributed by atoms with E-state index in [2.05, 4.69) is 5.32 Å². The number of halogens is 3. The fraction of sp³-hybridized carbons (Fsp3) is 0.889. The lowest BCUT2D eigenvalue weighted by molar-refractivity contribution is -0.150. The highest BCUT2D eigenvalue weighted by molar-refractivity contribution is 5.78. The molecule has 1 unspecified atom stereocenters. The zero-order valence-corrected chi connectivity index (χ0v) is 8.40. The summed E-state index contributed by atoms with van der Waals surface area (Å²) in [6.45, 7) is 0.0436. The Kier molecular flexibility index (Phi) is 3.28. The van der Waals surface area contributed by atoms with Crippen LogP contribution in [0.4, 0.5) is 13.2 Å². The summed E-state index contributed by atoms with van der Waals surface area (Å²) >= 11 is 0. The molecule has 1 aliphatic rings. The minimum absolute atomic E-state index is 0.256. The van der Waals surface area contributed by atoms with Gasteiger partial charge in [0.1, 0.15) is 5.54 Å². The van der Waals surface area contributed by atoms with E-state index in [0.717, 1.165) is 12.8 Å². The SMILES string of the molecule is CC(CC1CC1)(NCC(F)(F)F)C(=O)O. The highest BCUT2D eigenvalue weighted by atomic mass is 19.4. The van der Waals surface area contributed by atoms with Crippen LogP contribution in [-0.4, -0.2) is 29.3 Å². The number of carboxylic acids is 1. The first-order valence-corrected chi connectivity index (χ1v) is 4.78. The van der Waals surface area contributed by atoms with Gasteiger partial charge in [-0.15, -0.1) is 0 Å². The Balaban J connectivity index is 2.52. The number of hydrogen-bond acceptors (Lipinski definition) is 2. The topological polar surface area (TPSA) is 49.3 Å². The van der Waals surface area contributed by atoms with Crippen LogP contribution in [0, 0.1) is 5.92 Å². The van der Waals surface area contributed by atoms with Crippen molar-refractivity contribution in [2.24, 2.45) is 5.92 Å². The number of rotatable bonds is 5. The Morgan fingerprint density at radius 2 is 2.00 bits per heavy atom. The van der Waals surface area contributed by atoms with E-state index in [4.69, 9.17) is 5.11 Å². The average Bonchev–Trinajstić information content (AvgIpc) is 2.83. The standard InChI is InChI=1S/C9H14F3NO2/c1-8(7(14)15,4-6-2-3-6)13-5-9(10,11)12/h6,13H,2-5H2,1H3,(H,14,15). The summed E-state index contributed by atoms with van der Waals surface area (Å²) in [5.41, 5.74) is -1.46. The largest absolute Gasteiger partial charge is 0.480 e. The molecule has 1 aliphatic carbocycles. The van der Waals surface area contributed by atoms with Gasteiger partial charge in [-0.2, -0.15) is 13.2 Å². The van der Waals surface area contributed by atoms with Crippen LogP contribution in [-0.2, 0) is 4.79 Å². The van der Waals surface area contributed by atoms with Gasteiger partial charge in [-0.1, -0.05) is 12.8 Å². The molecule has 1 saturated carbocycles. The molecule has 2 N–H and O–H groups in total. The molecule has 15 heavy (non-hydrogen) atoms. The number of aliphatic carboxylic acids is 1. The summed E-state index contributed by atoms with van der Waals surface area (Å²) < 4.78 is 35.8. The van der Waals surface area contributed by atoms with Crippen molar-refractivity contribution in [2.45, 2.75) is 37.9 Å². The number of hydrogen-bond donors (Lipinski definition) is 2. The van der Waals surface area contributed by atoms with Gasteiger partial charge in [-0.05, 0) is 19.3 Å². The predicted molar refractivity (Wildman–Crippen MR) is 47.4 cm³/mol. The van der Waals surface area contributed by atoms with Gasteiger partial charge in [0.15, 0.2) is 0 Å². The van der Waals surface area contributed by atoms with Crippen molar-refractivity contribution in [1.82, 2.24) is 5.32 Å². The van der Waals surface area contributed by atoms with E-state index in [1.807, 2.05) is 0 Å². The molecule has 1 atom stereocenters. The van der Waals surface area contributed by atoms with Gasteiger partial charge < -0.3 is 5.11 Å². The second-order valence-electron chi connectivity index (χ2n) is 4.25. The zero-order valence-electron chi connectivity index (χ0n) is 8.40. The van der Waals surface area contributed by atoms with Crippen molar-refractivity contribution in [3.05, 3.63) is 0 Å². The molecule has 6 heteroatoms. The Labute approximate surface area is 85.7 Å². The van der Waals surface area contributed by atoms with Crippen LogP contribution in [0.1, 0.15) is 26.2 Å². The minimum Gasteiger partial charge on any atom is -0.480 e. The maximum atomic E-state index is 11.9. The Hall–Kier alpha value is -0.780. The quantitative estimate of drug-likeness (QED) is 0.749. The van der Waals surface area contributed by atoms with E-state index in [9.17, 15) is 18.0 Å². The lowest BCUT2D eigenvalue weighted by atomic mass is 9.95. The summed E-state index contributed by atoms with van der Waals surface area (Å²) in [6, 6.07) is 0. The molecular formula is C9H14F3NO2. The maximum Gasteiger partial charge on any atom is 0.401 e. The number of carboxylic acid groups (broad SMARTS) is 1. The van der Waals surface area contributed by atoms with E-state index < -0.39 is 24.2 Å². The number of nitrogens with one attached hydrogen (secondary N) is 1. The molecule has 88 valence electrons. The van der Waals surface area contributed by atoms with Crippen LogP contribution < -0.4 is 5.32 Å². The lowest BCUT2D eigenvalue weighted by Gasteiger charge is -2.26. The average molecular weight is 225 g/mol. The highest BCUT2D eigenvalue weighted by Crippen LogP contribution is 2.37. The molecule has 0 spiro atoms. The molecule has 0 amide bonds. The molecule has 0 aromatic heterocycles. The molecule has 0 aromatic rings. The third-order valence-electron chi connectivity index (χ3n) is 2.54. The highest BCUT2D eigenvalue weighted by Gasteiger charge is 2.41. The van der Waals surface area contributed by atoms with E-state index in [0.29, 0.717) is 0 Å². The van der Waals surface area contributed by atoms with Gasteiger partial charge in [0.2, 0.25) is 0 Å². The van der Waals surface area contributed by atoms with Crippen LogP contribution in [0.15, 0.2) is 0 Å². The minimum atomic E-state index is -4.37. The zero-order chi connectivity index (χ0) is 11.7. The summed E-state index contributed by atoms with van der Waals surface area (Å²) in [7, 11) is 0. The Morgan fingerprint density at radius 1 is 1.47 bits per heavy atom. The van der Waals surface area contributed by atoms with Gasteiger partial charge in [0, 0.05) is 0 Å². The van der Waals surface area contributed by atoms with Crippen molar-refractivity contribution in [3.8, 4) is 0 Å². The Bertz CT molecular complexity index is 250. The predicted octanol–water partition coefficient (Wildman–Crippen LogP) is 1.78. The molecule has 0 heterocycles. The third-order valence-corrected chi connectivity index (χ3v) is 2.54. The van der Waals surface area contributed by atoms with Crippen molar-refractivity contribution in [1.29, 1.82) is 0 Å². The maximum absolute atomic E-state index is 11.9. The second kappa shape index (κ2) is 4.00. The summed E-state index contributed by atoms with van der Waals surface area (Å²) in [5.74, 6) is -0.967. The van der Waals surface area contributed by atoms with E-state index in [1.165, 1.54) is 6.92 Å². The first-order chi connectivity index (χ1) is 6.73. The van der Waals surface area contributed by atoms with Crippen LogP contribution in [0.3, 0.4) is 0 Å². The van der Waals surface area contributed by atoms with Crippen LogP contribution in [0.25, 0.3) is 0 Å². The fourth-order valence-electron chi connectivity index (χ4n) is 1.43. The first-order valence-electron chi connectivity index (χ1n) is 4.78. The third kappa shape index (κ3) is 4.07. The van der Waals surface area contributed by atoms with Crippen LogP contribution in [0.5, 0.6) is 0 Å². The van der Waals surface area contributed by atoms with Crippen molar-refractivity contribution >= 4 is 5.97 Å². The van der Waals surface area contributed by atoms with E-state index in [-0.39, 0.29) is 12.3 Å². The molecule has 0 radical (unpaired) electrons. The van der Waals surface area contributed by atoms with Gasteiger partial charge in [-0.25, -0.2) is 0 Å². The van der Waals surface area contributed by atoms with Gasteiger partial charge in [0.25, 0.3) is 0 Å². The van der Waals surface area contributed by atoms with Gasteiger partial charge in [-0.3, -0.25) is 10.1 Å². The molecule has 3 nitrogen and oxygen atoms in total. The molecule has 1 fully saturated rings. The summed E-state index contributed by atoms with van der Waals surface area (Å²) in [6.07, 6.45) is -2.29. The Morgan fingerprint density at radius 3 is 2.33 bits per heavy atom. The summed E-state index contributed by atoms with van der Waals surface area (Å²) in [5, 5.41) is 11.0. The van der Waals surface area contributed by atoms with Gasteiger partial charge in [0.05, 0.1) is 6.54 Å². The fourth-order valence-corrected chi connectivity index (χ4v) is 1.43. The number of carbonyl (C=O) groups is 1. The van der Waals surface area contributed by atoms with Crippen molar-refractivity contribution in [3.63, 3.8) is 0 Å². The molecule has 0 aromatic carbocycles. The van der Waals surface area contributed by atoms with E-state index in [1.54, 1.807) is 0 Å².